The molecule has 1 aliphatic rings. The first-order chi connectivity index (χ1) is 9.65. The maximum atomic E-state index is 12.0. The van der Waals surface area contributed by atoms with Gasteiger partial charge in [0, 0.05) is 25.4 Å². The number of fused-ring (bicyclic) bond motifs is 1. The molecule has 1 aromatic heterocycles. The zero-order chi connectivity index (χ0) is 14.1. The Bertz CT molecular complexity index is 677. The lowest BCUT2D eigenvalue weighted by Gasteiger charge is -2.18. The molecular formula is C14H16N4O2. The molecule has 1 fully saturated rings. The molecule has 0 saturated carbocycles. The van der Waals surface area contributed by atoms with Crippen molar-refractivity contribution < 1.29 is 9.59 Å². The lowest BCUT2D eigenvalue weighted by Crippen LogP contribution is -2.34. The van der Waals surface area contributed by atoms with Gasteiger partial charge in [-0.25, -0.2) is 0 Å². The monoisotopic (exact) mass is 272 g/mol. The first-order valence-corrected chi connectivity index (χ1v) is 6.60. The highest BCUT2D eigenvalue weighted by molar-refractivity contribution is 5.88. The van der Waals surface area contributed by atoms with Crippen LogP contribution in [0.5, 0.6) is 0 Å². The number of aryl methyl sites for hydroxylation is 1. The molecule has 0 aliphatic carbocycles. The number of nitrogens with zero attached hydrogens (tertiary/aromatic N) is 3. The van der Waals surface area contributed by atoms with Gasteiger partial charge in [-0.15, -0.1) is 0 Å². The minimum Gasteiger partial charge on any atom is -0.347 e. The van der Waals surface area contributed by atoms with E-state index in [1.165, 1.54) is 0 Å². The van der Waals surface area contributed by atoms with Crippen LogP contribution in [0.25, 0.3) is 10.9 Å². The number of hydrogen-bond donors (Lipinski definition) is 1. The van der Waals surface area contributed by atoms with Gasteiger partial charge in [-0.3, -0.25) is 14.3 Å². The fourth-order valence-corrected chi connectivity index (χ4v) is 2.49. The van der Waals surface area contributed by atoms with E-state index >= 15 is 0 Å². The third-order valence-electron chi connectivity index (χ3n) is 3.57. The largest absolute Gasteiger partial charge is 0.347 e. The maximum Gasteiger partial charge on any atom is 0.242 e. The normalized spacial score (nSPS) is 16.4. The molecule has 2 heterocycles. The number of aromatic nitrogens is 2. The summed E-state index contributed by atoms with van der Waals surface area (Å²) in [5, 5.41) is 8.13. The average molecular weight is 272 g/mol. The zero-order valence-corrected chi connectivity index (χ0v) is 11.3. The van der Waals surface area contributed by atoms with Crippen molar-refractivity contribution >= 4 is 22.7 Å². The Kier molecular flexibility index (Phi) is 3.14. The Balaban J connectivity index is 1.89. The van der Waals surface area contributed by atoms with Crippen molar-refractivity contribution in [2.45, 2.75) is 13.0 Å². The fraction of sp³-hybridized carbons (Fsp3) is 0.357. The van der Waals surface area contributed by atoms with Gasteiger partial charge >= 0.3 is 0 Å². The highest BCUT2D eigenvalue weighted by Crippen LogP contribution is 2.19. The Morgan fingerprint density at radius 1 is 1.30 bits per heavy atom. The van der Waals surface area contributed by atoms with Gasteiger partial charge in [0.1, 0.15) is 0 Å². The number of rotatable bonds is 2. The second-order valence-corrected chi connectivity index (χ2v) is 4.93. The van der Waals surface area contributed by atoms with Gasteiger partial charge in [-0.1, -0.05) is 18.2 Å². The number of nitrogens with one attached hydrogen (secondary N) is 1. The average Bonchev–Trinajstić information content (AvgIpc) is 2.68. The lowest BCUT2D eigenvalue weighted by atomic mass is 10.2. The summed E-state index contributed by atoms with van der Waals surface area (Å²) < 4.78 is 1.82. The predicted molar refractivity (Wildman–Crippen MR) is 73.8 cm³/mol. The molecular weight excluding hydrogens is 256 g/mol. The van der Waals surface area contributed by atoms with E-state index in [1.54, 1.807) is 4.90 Å². The summed E-state index contributed by atoms with van der Waals surface area (Å²) in [5.74, 6) is -0.141. The van der Waals surface area contributed by atoms with Crippen LogP contribution in [-0.4, -0.2) is 39.6 Å². The van der Waals surface area contributed by atoms with Gasteiger partial charge < -0.3 is 10.2 Å². The van der Waals surface area contributed by atoms with Crippen LogP contribution in [0.1, 0.15) is 12.1 Å². The first kappa shape index (κ1) is 12.7. The molecule has 2 aromatic rings. The Morgan fingerprint density at radius 3 is 2.95 bits per heavy atom. The van der Waals surface area contributed by atoms with Crippen LogP contribution in [0.3, 0.4) is 0 Å². The van der Waals surface area contributed by atoms with Crippen molar-refractivity contribution in [3.63, 3.8) is 0 Å². The number of para-hydroxylation sites is 1. The van der Waals surface area contributed by atoms with E-state index in [9.17, 15) is 9.59 Å². The highest BCUT2D eigenvalue weighted by Gasteiger charge is 2.21. The second-order valence-electron chi connectivity index (χ2n) is 4.93. The van der Waals surface area contributed by atoms with Crippen LogP contribution in [-0.2, 0) is 23.2 Å². The summed E-state index contributed by atoms with van der Waals surface area (Å²) in [6.07, 6.45) is 0.344. The molecule has 0 radical (unpaired) electrons. The van der Waals surface area contributed by atoms with Gasteiger partial charge in [-0.05, 0) is 6.07 Å². The van der Waals surface area contributed by atoms with E-state index in [0.29, 0.717) is 19.5 Å². The molecule has 1 N–H and O–H groups in total. The van der Waals surface area contributed by atoms with E-state index in [2.05, 4.69) is 10.4 Å². The zero-order valence-electron chi connectivity index (χ0n) is 11.3. The smallest absolute Gasteiger partial charge is 0.242 e. The molecule has 3 rings (SSSR count). The van der Waals surface area contributed by atoms with E-state index in [4.69, 9.17) is 0 Å². The molecule has 6 nitrogen and oxygen atoms in total. The summed E-state index contributed by atoms with van der Waals surface area (Å²) >= 11 is 0. The summed E-state index contributed by atoms with van der Waals surface area (Å²) in [6.45, 7) is 0.953. The topological polar surface area (TPSA) is 67.2 Å². The van der Waals surface area contributed by atoms with Crippen molar-refractivity contribution in [2.75, 3.05) is 13.1 Å². The minimum absolute atomic E-state index is 0.0643. The number of benzene rings is 1. The maximum absolute atomic E-state index is 12.0. The Morgan fingerprint density at radius 2 is 2.10 bits per heavy atom. The SMILES string of the molecule is Cn1nc(CN2CCC(=O)NCC2=O)c2ccccc21. The Labute approximate surface area is 116 Å². The van der Waals surface area contributed by atoms with E-state index in [1.807, 2.05) is 36.0 Å². The van der Waals surface area contributed by atoms with E-state index in [0.717, 1.165) is 16.6 Å². The summed E-state index contributed by atoms with van der Waals surface area (Å²) in [6, 6.07) is 7.93. The summed E-state index contributed by atoms with van der Waals surface area (Å²) in [5.41, 5.74) is 1.91. The number of amides is 2. The van der Waals surface area contributed by atoms with Gasteiger partial charge in [0.2, 0.25) is 11.8 Å². The van der Waals surface area contributed by atoms with Crippen LogP contribution < -0.4 is 5.32 Å². The molecule has 1 aromatic carbocycles. The molecule has 0 spiro atoms. The molecule has 2 amide bonds. The van der Waals surface area contributed by atoms with Crippen molar-refractivity contribution in [2.24, 2.45) is 7.05 Å². The third kappa shape index (κ3) is 2.24. The van der Waals surface area contributed by atoms with Crippen molar-refractivity contribution in [1.82, 2.24) is 20.0 Å². The fourth-order valence-electron chi connectivity index (χ4n) is 2.49. The summed E-state index contributed by atoms with van der Waals surface area (Å²) in [4.78, 5) is 25.0. The second kappa shape index (κ2) is 4.96. The number of carbonyl (C=O) groups is 2. The number of carbonyl (C=O) groups excluding carboxylic acids is 2. The highest BCUT2D eigenvalue weighted by atomic mass is 16.2. The molecule has 1 aliphatic heterocycles. The van der Waals surface area contributed by atoms with Crippen LogP contribution >= 0.6 is 0 Å². The first-order valence-electron chi connectivity index (χ1n) is 6.60. The van der Waals surface area contributed by atoms with Crippen molar-refractivity contribution in [1.29, 1.82) is 0 Å². The standard InChI is InChI=1S/C14H16N4O2/c1-17-12-5-3-2-4-10(12)11(16-17)9-18-7-6-13(19)15-8-14(18)20/h2-5H,6-9H2,1H3,(H,15,19). The van der Waals surface area contributed by atoms with Crippen LogP contribution in [0.4, 0.5) is 0 Å². The molecule has 20 heavy (non-hydrogen) atoms. The molecule has 1 saturated heterocycles. The molecule has 0 unspecified atom stereocenters. The van der Waals surface area contributed by atoms with Gasteiger partial charge in [0.05, 0.1) is 24.3 Å². The summed E-state index contributed by atoms with van der Waals surface area (Å²) in [7, 11) is 1.89. The van der Waals surface area contributed by atoms with E-state index in [-0.39, 0.29) is 18.4 Å². The van der Waals surface area contributed by atoms with E-state index < -0.39 is 0 Å². The molecule has 0 atom stereocenters. The molecule has 0 bridgehead atoms. The van der Waals surface area contributed by atoms with Gasteiger partial charge in [0.25, 0.3) is 0 Å². The quantitative estimate of drug-likeness (QED) is 0.861. The van der Waals surface area contributed by atoms with Crippen LogP contribution in [0.15, 0.2) is 24.3 Å². The van der Waals surface area contributed by atoms with Gasteiger partial charge in [0.15, 0.2) is 0 Å². The Hall–Kier alpha value is -2.37. The lowest BCUT2D eigenvalue weighted by molar-refractivity contribution is -0.130. The van der Waals surface area contributed by atoms with Crippen LogP contribution in [0.2, 0.25) is 0 Å². The van der Waals surface area contributed by atoms with Gasteiger partial charge in [-0.2, -0.15) is 5.10 Å². The van der Waals surface area contributed by atoms with Crippen molar-refractivity contribution in [3.05, 3.63) is 30.0 Å². The van der Waals surface area contributed by atoms with Crippen LogP contribution in [0, 0.1) is 0 Å². The minimum atomic E-state index is -0.0771. The molecule has 6 heteroatoms. The third-order valence-corrected chi connectivity index (χ3v) is 3.57. The van der Waals surface area contributed by atoms with Crippen molar-refractivity contribution in [3.8, 4) is 0 Å². The molecule has 104 valence electrons. The number of hydrogen-bond acceptors (Lipinski definition) is 3. The predicted octanol–water partition coefficient (Wildman–Crippen LogP) is 0.422.